The molecule has 0 spiro atoms. The van der Waals surface area contributed by atoms with Crippen molar-refractivity contribution in [3.8, 4) is 0 Å². The van der Waals surface area contributed by atoms with Crippen molar-refractivity contribution in [2.45, 2.75) is 44.4 Å². The minimum atomic E-state index is 0.998. The Morgan fingerprint density at radius 1 is 0.938 bits per heavy atom. The van der Waals surface area contributed by atoms with Crippen LogP contribution in [0.2, 0.25) is 0 Å². The van der Waals surface area contributed by atoms with Crippen LogP contribution in [0, 0.1) is 0 Å². The molecule has 2 heterocycles. The lowest BCUT2D eigenvalue weighted by molar-refractivity contribution is 0.798. The molecular formula is C29H29NS2. The zero-order valence-electron chi connectivity index (χ0n) is 18.8. The van der Waals surface area contributed by atoms with Gasteiger partial charge in [0, 0.05) is 21.0 Å². The molecule has 1 aliphatic heterocycles. The Hall–Kier alpha value is -2.49. The molecule has 5 rings (SSSR count). The number of para-hydroxylation sites is 1. The van der Waals surface area contributed by atoms with Crippen LogP contribution in [-0.4, -0.2) is 6.54 Å². The smallest absolute Gasteiger partial charge is 0.0801 e. The van der Waals surface area contributed by atoms with E-state index in [9.17, 15) is 0 Å². The summed E-state index contributed by atoms with van der Waals surface area (Å²) >= 11 is 3.80. The topological polar surface area (TPSA) is 3.24 Å². The molecule has 1 aromatic heterocycles. The quantitative estimate of drug-likeness (QED) is 0.377. The summed E-state index contributed by atoms with van der Waals surface area (Å²) < 4.78 is 1.39. The lowest BCUT2D eigenvalue weighted by Gasteiger charge is -2.18. The SMILES string of the molecule is CCc1c(/C=C/C2=CC(=C\C=C3\Sc4ccccc4N3CC)/CCC2)sc2ccccc12. The maximum atomic E-state index is 2.41. The molecule has 0 fully saturated rings. The third-order valence-corrected chi connectivity index (χ3v) is 8.54. The molecule has 3 aromatic rings. The molecule has 1 aliphatic carbocycles. The van der Waals surface area contributed by atoms with Gasteiger partial charge in [0.25, 0.3) is 0 Å². The number of benzene rings is 2. The van der Waals surface area contributed by atoms with Gasteiger partial charge in [0.05, 0.1) is 10.7 Å². The van der Waals surface area contributed by atoms with Crippen molar-refractivity contribution in [1.82, 2.24) is 0 Å². The van der Waals surface area contributed by atoms with E-state index < -0.39 is 0 Å². The maximum Gasteiger partial charge on any atom is 0.0801 e. The van der Waals surface area contributed by atoms with Crippen LogP contribution in [0.15, 0.2) is 93.9 Å². The highest BCUT2D eigenvalue weighted by Crippen LogP contribution is 2.45. The summed E-state index contributed by atoms with van der Waals surface area (Å²) in [6.45, 7) is 5.49. The molecule has 3 heteroatoms. The Bertz CT molecular complexity index is 1260. The first-order valence-electron chi connectivity index (χ1n) is 11.6. The molecule has 1 nitrogen and oxygen atoms in total. The molecule has 2 aromatic carbocycles. The second-order valence-electron chi connectivity index (χ2n) is 8.26. The van der Waals surface area contributed by atoms with Crippen molar-refractivity contribution in [1.29, 1.82) is 0 Å². The summed E-state index contributed by atoms with van der Waals surface area (Å²) in [4.78, 5) is 5.18. The van der Waals surface area contributed by atoms with E-state index in [-0.39, 0.29) is 0 Å². The van der Waals surface area contributed by atoms with E-state index in [1.807, 2.05) is 23.1 Å². The summed E-state index contributed by atoms with van der Waals surface area (Å²) in [5, 5.41) is 2.75. The number of anilines is 1. The fourth-order valence-electron chi connectivity index (χ4n) is 4.62. The number of thiophene rings is 1. The molecule has 0 atom stereocenters. The van der Waals surface area contributed by atoms with Crippen LogP contribution >= 0.6 is 23.1 Å². The lowest BCUT2D eigenvalue weighted by Crippen LogP contribution is -2.16. The molecule has 0 radical (unpaired) electrons. The van der Waals surface area contributed by atoms with Gasteiger partial charge in [-0.25, -0.2) is 0 Å². The monoisotopic (exact) mass is 455 g/mol. The summed E-state index contributed by atoms with van der Waals surface area (Å²) in [5.41, 5.74) is 5.69. The van der Waals surface area contributed by atoms with Gasteiger partial charge in [0.15, 0.2) is 0 Å². The van der Waals surface area contributed by atoms with Gasteiger partial charge in [-0.05, 0) is 85.1 Å². The van der Waals surface area contributed by atoms with Gasteiger partial charge < -0.3 is 4.90 Å². The van der Waals surface area contributed by atoms with E-state index >= 15 is 0 Å². The van der Waals surface area contributed by atoms with Crippen molar-refractivity contribution in [3.05, 3.63) is 99.5 Å². The molecule has 0 bridgehead atoms. The highest BCUT2D eigenvalue weighted by Gasteiger charge is 2.22. The molecule has 32 heavy (non-hydrogen) atoms. The predicted molar refractivity (Wildman–Crippen MR) is 144 cm³/mol. The van der Waals surface area contributed by atoms with Gasteiger partial charge in [-0.1, -0.05) is 67.2 Å². The maximum absolute atomic E-state index is 2.41. The minimum Gasteiger partial charge on any atom is -0.335 e. The van der Waals surface area contributed by atoms with Crippen molar-refractivity contribution < 1.29 is 0 Å². The van der Waals surface area contributed by atoms with Crippen LogP contribution < -0.4 is 4.90 Å². The standard InChI is InChI=1S/C29H29NS2/c1-3-23-24-12-5-7-14-26(24)31-27(23)18-16-21-10-9-11-22(20-21)17-19-29-30(4-2)25-13-6-8-15-28(25)32-29/h5-8,12-20H,3-4,9-11H2,1-2H3/b18-16+,22-17-,29-19+. The number of rotatable bonds is 5. The first-order valence-corrected chi connectivity index (χ1v) is 13.2. The van der Waals surface area contributed by atoms with Gasteiger partial charge in [0.1, 0.15) is 0 Å². The van der Waals surface area contributed by atoms with E-state index in [1.54, 1.807) is 0 Å². The predicted octanol–water partition coefficient (Wildman–Crippen LogP) is 8.99. The first-order chi connectivity index (χ1) is 15.8. The number of allylic oxidation sites excluding steroid dienone is 6. The summed E-state index contributed by atoms with van der Waals surface area (Å²) in [6.07, 6.45) is 16.4. The lowest BCUT2D eigenvalue weighted by atomic mass is 9.94. The van der Waals surface area contributed by atoms with E-state index in [0.29, 0.717) is 0 Å². The number of hydrogen-bond acceptors (Lipinski definition) is 3. The molecule has 0 saturated carbocycles. The van der Waals surface area contributed by atoms with Gasteiger partial charge >= 0.3 is 0 Å². The van der Waals surface area contributed by atoms with Crippen molar-refractivity contribution in [3.63, 3.8) is 0 Å². The Balaban J connectivity index is 1.37. The number of aryl methyl sites for hydroxylation is 1. The van der Waals surface area contributed by atoms with Crippen LogP contribution in [-0.2, 0) is 6.42 Å². The van der Waals surface area contributed by atoms with Crippen LogP contribution in [0.1, 0.15) is 43.6 Å². The van der Waals surface area contributed by atoms with Gasteiger partial charge in [-0.2, -0.15) is 0 Å². The minimum absolute atomic E-state index is 0.998. The number of hydrogen-bond donors (Lipinski definition) is 0. The second kappa shape index (κ2) is 9.56. The zero-order valence-corrected chi connectivity index (χ0v) is 20.4. The Morgan fingerprint density at radius 3 is 2.66 bits per heavy atom. The first kappa shape index (κ1) is 21.4. The Labute approximate surface area is 199 Å². The van der Waals surface area contributed by atoms with E-state index in [0.717, 1.165) is 25.8 Å². The van der Waals surface area contributed by atoms with Gasteiger partial charge in [-0.15, -0.1) is 11.3 Å². The van der Waals surface area contributed by atoms with E-state index in [2.05, 4.69) is 97.7 Å². The molecule has 0 amide bonds. The summed E-state index contributed by atoms with van der Waals surface area (Å²) in [5.74, 6) is 0. The Morgan fingerprint density at radius 2 is 1.78 bits per heavy atom. The van der Waals surface area contributed by atoms with Crippen LogP contribution in [0.3, 0.4) is 0 Å². The van der Waals surface area contributed by atoms with Crippen LogP contribution in [0.5, 0.6) is 0 Å². The molecule has 0 saturated heterocycles. The zero-order chi connectivity index (χ0) is 21.9. The summed E-state index contributed by atoms with van der Waals surface area (Å²) in [6, 6.07) is 17.5. The van der Waals surface area contributed by atoms with Gasteiger partial charge in [0.2, 0.25) is 0 Å². The highest BCUT2D eigenvalue weighted by molar-refractivity contribution is 8.03. The van der Waals surface area contributed by atoms with Crippen LogP contribution in [0.4, 0.5) is 5.69 Å². The van der Waals surface area contributed by atoms with Crippen LogP contribution in [0.25, 0.3) is 16.2 Å². The molecule has 2 aliphatic rings. The summed E-state index contributed by atoms with van der Waals surface area (Å²) in [7, 11) is 0. The third-order valence-electron chi connectivity index (χ3n) is 6.23. The largest absolute Gasteiger partial charge is 0.335 e. The van der Waals surface area contributed by atoms with E-state index in [1.165, 1.54) is 53.7 Å². The fraction of sp³-hybridized carbons (Fsp3) is 0.241. The van der Waals surface area contributed by atoms with Crippen molar-refractivity contribution in [2.24, 2.45) is 0 Å². The highest BCUT2D eigenvalue weighted by atomic mass is 32.2. The number of nitrogens with zero attached hydrogens (tertiary/aromatic N) is 1. The molecule has 162 valence electrons. The normalized spacial score (nSPS) is 18.8. The third kappa shape index (κ3) is 4.24. The molecule has 0 N–H and O–H groups in total. The molecular weight excluding hydrogens is 426 g/mol. The van der Waals surface area contributed by atoms with Crippen molar-refractivity contribution in [2.75, 3.05) is 11.4 Å². The number of fused-ring (bicyclic) bond motifs is 2. The molecule has 0 unspecified atom stereocenters. The van der Waals surface area contributed by atoms with Crippen molar-refractivity contribution >= 4 is 44.9 Å². The average Bonchev–Trinajstić information content (AvgIpc) is 3.38. The van der Waals surface area contributed by atoms with Gasteiger partial charge in [-0.3, -0.25) is 0 Å². The number of thioether (sulfide) groups is 1. The Kier molecular flexibility index (Phi) is 6.38. The van der Waals surface area contributed by atoms with E-state index in [4.69, 9.17) is 0 Å². The second-order valence-corrected chi connectivity index (χ2v) is 10.4. The average molecular weight is 456 g/mol. The fourth-order valence-corrected chi connectivity index (χ4v) is 6.95.